The molecule has 0 N–H and O–H groups in total. The molecular formula is C42H26O. The highest BCUT2D eigenvalue weighted by molar-refractivity contribution is 6.27. The predicted octanol–water partition coefficient (Wildman–Crippen LogP) is 12.0. The number of hydrogen-bond acceptors (Lipinski definition) is 1. The van der Waals surface area contributed by atoms with Crippen LogP contribution in [0.1, 0.15) is 13.7 Å². The standard InChI is InChI=1S/C42H26O/c1-3-9-27(10-4-1)33-23-19-30-22-26-36-34(24-20-31-21-25-35(33)39(30)40(31)36)28-15-17-32(18-16-28)42-41(29-11-5-2-6-12-29)37-13-7-8-14-38(37)43-42/h1-26H/i1D,2D,3D,4D,5D,6D,9D,10D,11D,12D. The van der Waals surface area contributed by atoms with Gasteiger partial charge in [-0.2, -0.15) is 0 Å². The molecule has 0 unspecified atom stereocenters. The zero-order valence-corrected chi connectivity index (χ0v) is 22.6. The minimum absolute atomic E-state index is 0.0785. The molecule has 0 aliphatic rings. The van der Waals surface area contributed by atoms with E-state index < -0.39 is 24.2 Å². The maximum absolute atomic E-state index is 8.71. The molecule has 9 rings (SSSR count). The second-order valence-electron chi connectivity index (χ2n) is 10.5. The van der Waals surface area contributed by atoms with Crippen molar-refractivity contribution < 1.29 is 18.1 Å². The Labute approximate surface area is 263 Å². The summed E-state index contributed by atoms with van der Waals surface area (Å²) in [5, 5.41) is 6.31. The minimum Gasteiger partial charge on any atom is -0.455 e. The van der Waals surface area contributed by atoms with Gasteiger partial charge < -0.3 is 4.42 Å². The van der Waals surface area contributed by atoms with Gasteiger partial charge in [-0.15, -0.1) is 0 Å². The van der Waals surface area contributed by atoms with E-state index >= 15 is 0 Å². The van der Waals surface area contributed by atoms with Crippen LogP contribution < -0.4 is 0 Å². The fourth-order valence-electron chi connectivity index (χ4n) is 6.33. The molecule has 0 fully saturated rings. The molecular weight excluding hydrogens is 520 g/mol. The van der Waals surface area contributed by atoms with Crippen LogP contribution in [0.25, 0.3) is 88.0 Å². The van der Waals surface area contributed by atoms with Crippen LogP contribution in [0.5, 0.6) is 0 Å². The van der Waals surface area contributed by atoms with E-state index in [9.17, 15) is 0 Å². The van der Waals surface area contributed by atoms with E-state index in [0.717, 1.165) is 43.4 Å². The number of hydrogen-bond donors (Lipinski definition) is 0. The van der Waals surface area contributed by atoms with Crippen molar-refractivity contribution in [1.82, 2.24) is 0 Å². The zero-order valence-electron chi connectivity index (χ0n) is 32.6. The van der Waals surface area contributed by atoms with Gasteiger partial charge in [0.1, 0.15) is 11.3 Å². The molecule has 0 radical (unpaired) electrons. The average Bonchev–Trinajstić information content (AvgIpc) is 3.56. The van der Waals surface area contributed by atoms with Crippen molar-refractivity contribution in [2.24, 2.45) is 0 Å². The molecule has 0 saturated heterocycles. The lowest BCUT2D eigenvalue weighted by Gasteiger charge is -2.16. The molecule has 1 heterocycles. The predicted molar refractivity (Wildman–Crippen MR) is 182 cm³/mol. The van der Waals surface area contributed by atoms with Gasteiger partial charge in [0, 0.05) is 16.5 Å². The molecule has 9 aromatic rings. The van der Waals surface area contributed by atoms with E-state index in [1.807, 2.05) is 72.8 Å². The van der Waals surface area contributed by atoms with Crippen LogP contribution in [-0.2, 0) is 0 Å². The van der Waals surface area contributed by atoms with Gasteiger partial charge in [-0.05, 0) is 66.2 Å². The summed E-state index contributed by atoms with van der Waals surface area (Å²) >= 11 is 0. The number of rotatable bonds is 4. The zero-order chi connectivity index (χ0) is 37.0. The van der Waals surface area contributed by atoms with Crippen LogP contribution in [0.3, 0.4) is 0 Å². The fraction of sp³-hybridized carbons (Fsp3) is 0. The smallest absolute Gasteiger partial charge is 0.143 e. The largest absolute Gasteiger partial charge is 0.455 e. The van der Waals surface area contributed by atoms with E-state index in [4.69, 9.17) is 18.1 Å². The molecule has 200 valence electrons. The third kappa shape index (κ3) is 3.72. The summed E-state index contributed by atoms with van der Waals surface area (Å²) in [5.41, 5.74) is 4.33. The van der Waals surface area contributed by atoms with Crippen molar-refractivity contribution in [3.05, 3.63) is 157 Å². The Kier molecular flexibility index (Phi) is 3.53. The van der Waals surface area contributed by atoms with Crippen LogP contribution in [0.2, 0.25) is 0 Å². The lowest BCUT2D eigenvalue weighted by Crippen LogP contribution is -1.89. The van der Waals surface area contributed by atoms with Gasteiger partial charge in [0.05, 0.1) is 13.7 Å². The first-order chi connectivity index (χ1) is 25.5. The quantitative estimate of drug-likeness (QED) is 0.197. The van der Waals surface area contributed by atoms with Gasteiger partial charge in [-0.1, -0.05) is 151 Å². The normalized spacial score (nSPS) is 15.0. The molecule has 0 spiro atoms. The maximum atomic E-state index is 8.71. The van der Waals surface area contributed by atoms with Crippen molar-refractivity contribution >= 4 is 43.3 Å². The van der Waals surface area contributed by atoms with Crippen molar-refractivity contribution in [1.29, 1.82) is 0 Å². The molecule has 0 aliphatic heterocycles. The van der Waals surface area contributed by atoms with Gasteiger partial charge in [-0.25, -0.2) is 0 Å². The Morgan fingerprint density at radius 2 is 0.953 bits per heavy atom. The highest BCUT2D eigenvalue weighted by Crippen LogP contribution is 2.44. The van der Waals surface area contributed by atoms with Crippen LogP contribution in [-0.4, -0.2) is 0 Å². The minimum atomic E-state index is -0.457. The van der Waals surface area contributed by atoms with Gasteiger partial charge >= 0.3 is 0 Å². The molecule has 8 aromatic carbocycles. The maximum Gasteiger partial charge on any atom is 0.143 e. The van der Waals surface area contributed by atoms with Gasteiger partial charge in [0.2, 0.25) is 0 Å². The Hall–Kier alpha value is -5.66. The second-order valence-corrected chi connectivity index (χ2v) is 10.5. The van der Waals surface area contributed by atoms with E-state index in [1.165, 1.54) is 0 Å². The van der Waals surface area contributed by atoms with Crippen molar-refractivity contribution in [3.8, 4) is 44.7 Å². The van der Waals surface area contributed by atoms with E-state index in [1.54, 1.807) is 6.07 Å². The summed E-state index contributed by atoms with van der Waals surface area (Å²) in [6.07, 6.45) is 0. The molecule has 43 heavy (non-hydrogen) atoms. The number of fused-ring (bicyclic) bond motifs is 1. The molecule has 1 aromatic heterocycles. The van der Waals surface area contributed by atoms with Gasteiger partial charge in [0.15, 0.2) is 0 Å². The highest BCUT2D eigenvalue weighted by atomic mass is 16.3. The number of benzene rings is 8. The highest BCUT2D eigenvalue weighted by Gasteiger charge is 2.18. The van der Waals surface area contributed by atoms with Crippen molar-refractivity contribution in [2.75, 3.05) is 0 Å². The van der Waals surface area contributed by atoms with E-state index in [-0.39, 0.29) is 47.4 Å². The van der Waals surface area contributed by atoms with Crippen LogP contribution >= 0.6 is 0 Å². The molecule has 0 atom stereocenters. The Balaban J connectivity index is 1.22. The molecule has 1 nitrogen and oxygen atoms in total. The molecule has 0 saturated carbocycles. The third-order valence-electron chi connectivity index (χ3n) is 8.24. The molecule has 1 heteroatoms. The Bertz CT molecular complexity index is 2940. The van der Waals surface area contributed by atoms with Gasteiger partial charge in [0.25, 0.3) is 0 Å². The van der Waals surface area contributed by atoms with E-state index in [2.05, 4.69) is 18.2 Å². The summed E-state index contributed by atoms with van der Waals surface area (Å²) in [4.78, 5) is 0. The molecule has 0 aliphatic carbocycles. The monoisotopic (exact) mass is 556 g/mol. The second kappa shape index (κ2) is 9.44. The molecule has 0 bridgehead atoms. The topological polar surface area (TPSA) is 13.1 Å². The third-order valence-corrected chi connectivity index (χ3v) is 8.24. The lowest BCUT2D eigenvalue weighted by atomic mass is 9.87. The Morgan fingerprint density at radius 3 is 1.60 bits per heavy atom. The van der Waals surface area contributed by atoms with Crippen molar-refractivity contribution in [3.63, 3.8) is 0 Å². The average molecular weight is 557 g/mol. The van der Waals surface area contributed by atoms with Crippen molar-refractivity contribution in [2.45, 2.75) is 0 Å². The fourth-order valence-corrected chi connectivity index (χ4v) is 6.33. The lowest BCUT2D eigenvalue weighted by molar-refractivity contribution is 0.632. The first-order valence-corrected chi connectivity index (χ1v) is 13.9. The van der Waals surface area contributed by atoms with Crippen LogP contribution in [0.4, 0.5) is 0 Å². The van der Waals surface area contributed by atoms with Gasteiger partial charge in [-0.3, -0.25) is 0 Å². The summed E-state index contributed by atoms with van der Waals surface area (Å²) in [5.74, 6) is 0.395. The summed E-state index contributed by atoms with van der Waals surface area (Å²) < 4.78 is 90.4. The SMILES string of the molecule is [2H]c1c([2H])c([2H])c(-c2c(-c3ccc(-c4ccc5ccc6c(-c7c([2H])c([2H])c([2H])c([2H])c7[2H])ccc7ccc4c5c76)cc3)oc3ccccc23)c([2H])c1[2H]. The number of furan rings is 1. The Morgan fingerprint density at radius 1 is 0.419 bits per heavy atom. The first-order valence-electron chi connectivity index (χ1n) is 18.9. The van der Waals surface area contributed by atoms with Crippen LogP contribution in [0.15, 0.2) is 162 Å². The summed E-state index contributed by atoms with van der Waals surface area (Å²) in [6.45, 7) is 0. The summed E-state index contributed by atoms with van der Waals surface area (Å²) in [7, 11) is 0. The molecule has 0 amide bonds. The number of para-hydroxylation sites is 1. The van der Waals surface area contributed by atoms with Crippen LogP contribution in [0, 0.1) is 0 Å². The van der Waals surface area contributed by atoms with E-state index in [0.29, 0.717) is 33.4 Å². The summed E-state index contributed by atoms with van der Waals surface area (Å²) in [6, 6.07) is 27.4. The first kappa shape index (κ1) is 16.1.